The Hall–Kier alpha value is -3.21. The van der Waals surface area contributed by atoms with E-state index in [1.807, 2.05) is 35.2 Å². The molecule has 0 saturated carbocycles. The second kappa shape index (κ2) is 10.2. The van der Waals surface area contributed by atoms with Gasteiger partial charge in [0, 0.05) is 25.8 Å². The molecule has 5 rings (SSSR count). The Kier molecular flexibility index (Phi) is 6.85. The molecule has 180 valence electrons. The molecule has 0 spiro atoms. The number of anilines is 1. The monoisotopic (exact) mass is 508 g/mol. The van der Waals surface area contributed by atoms with Gasteiger partial charge in [-0.15, -0.1) is 0 Å². The van der Waals surface area contributed by atoms with Crippen LogP contribution in [0.25, 0.3) is 11.7 Å². The van der Waals surface area contributed by atoms with Crippen molar-refractivity contribution in [2.75, 3.05) is 44.9 Å². The Morgan fingerprint density at radius 2 is 1.91 bits per heavy atom. The molecule has 0 N–H and O–H groups in total. The van der Waals surface area contributed by atoms with E-state index in [0.29, 0.717) is 65.5 Å². The van der Waals surface area contributed by atoms with Crippen molar-refractivity contribution >= 4 is 51.7 Å². The third kappa shape index (κ3) is 4.82. The number of methoxy groups -OCH3 is 1. The van der Waals surface area contributed by atoms with Crippen molar-refractivity contribution in [1.29, 1.82) is 0 Å². The van der Waals surface area contributed by atoms with Crippen LogP contribution in [0.2, 0.25) is 0 Å². The van der Waals surface area contributed by atoms with E-state index in [4.69, 9.17) is 26.7 Å². The fourth-order valence-electron chi connectivity index (χ4n) is 4.09. The minimum Gasteiger partial charge on any atom is -0.497 e. The number of aromatic nitrogens is 2. The number of amides is 1. The first-order valence-electron chi connectivity index (χ1n) is 11.3. The summed E-state index contributed by atoms with van der Waals surface area (Å²) in [4.78, 5) is 35.5. The van der Waals surface area contributed by atoms with Crippen molar-refractivity contribution in [3.63, 3.8) is 0 Å². The maximum Gasteiger partial charge on any atom is 0.267 e. The minimum atomic E-state index is -0.222. The van der Waals surface area contributed by atoms with E-state index >= 15 is 0 Å². The van der Waals surface area contributed by atoms with Gasteiger partial charge in [0.1, 0.15) is 21.5 Å². The number of pyridine rings is 1. The van der Waals surface area contributed by atoms with E-state index < -0.39 is 0 Å². The van der Waals surface area contributed by atoms with Gasteiger partial charge in [-0.3, -0.25) is 18.9 Å². The van der Waals surface area contributed by atoms with Crippen molar-refractivity contribution in [1.82, 2.24) is 14.3 Å². The first-order chi connectivity index (χ1) is 17.0. The van der Waals surface area contributed by atoms with Crippen LogP contribution in [0.3, 0.4) is 0 Å². The summed E-state index contributed by atoms with van der Waals surface area (Å²) < 4.78 is 12.7. The van der Waals surface area contributed by atoms with Crippen LogP contribution >= 0.6 is 24.0 Å². The molecule has 2 saturated heterocycles. The Bertz CT molecular complexity index is 1360. The molecule has 8 nitrogen and oxygen atoms in total. The number of benzene rings is 1. The van der Waals surface area contributed by atoms with Gasteiger partial charge in [0.25, 0.3) is 11.5 Å². The van der Waals surface area contributed by atoms with Crippen LogP contribution in [0.1, 0.15) is 11.1 Å². The number of carbonyl (C=O) groups excluding carboxylic acids is 1. The first kappa shape index (κ1) is 23.5. The number of ether oxygens (including phenoxy) is 2. The lowest BCUT2D eigenvalue weighted by Crippen LogP contribution is -2.38. The first-order valence-corrected chi connectivity index (χ1v) is 12.5. The molecule has 35 heavy (non-hydrogen) atoms. The number of nitrogens with zero attached hydrogens (tertiary/aromatic N) is 4. The zero-order chi connectivity index (χ0) is 24.4. The van der Waals surface area contributed by atoms with Gasteiger partial charge in [0.2, 0.25) is 0 Å². The van der Waals surface area contributed by atoms with Gasteiger partial charge in [-0.1, -0.05) is 42.2 Å². The topological polar surface area (TPSA) is 76.4 Å². The summed E-state index contributed by atoms with van der Waals surface area (Å²) in [6, 6.07) is 13.2. The van der Waals surface area contributed by atoms with E-state index in [1.165, 1.54) is 16.2 Å². The van der Waals surface area contributed by atoms with Gasteiger partial charge >= 0.3 is 0 Å². The summed E-state index contributed by atoms with van der Waals surface area (Å²) in [5, 5.41) is 0. The zero-order valence-corrected chi connectivity index (χ0v) is 20.8. The summed E-state index contributed by atoms with van der Waals surface area (Å²) in [5.74, 6) is 1.15. The molecular formula is C25H24N4O4S2. The number of carbonyl (C=O) groups is 1. The van der Waals surface area contributed by atoms with Crippen molar-refractivity contribution in [3.05, 3.63) is 75.0 Å². The maximum atomic E-state index is 13.5. The highest BCUT2D eigenvalue weighted by Gasteiger charge is 2.32. The van der Waals surface area contributed by atoms with Gasteiger partial charge in [0.15, 0.2) is 0 Å². The van der Waals surface area contributed by atoms with E-state index in [2.05, 4.69) is 0 Å². The minimum absolute atomic E-state index is 0.195. The number of thioether (sulfide) groups is 1. The summed E-state index contributed by atoms with van der Waals surface area (Å²) >= 11 is 6.73. The number of hydrogen-bond donors (Lipinski definition) is 0. The Morgan fingerprint density at radius 3 is 2.66 bits per heavy atom. The second-order valence-electron chi connectivity index (χ2n) is 8.11. The van der Waals surface area contributed by atoms with Gasteiger partial charge in [-0.2, -0.15) is 0 Å². The van der Waals surface area contributed by atoms with Crippen LogP contribution < -0.4 is 15.2 Å². The Morgan fingerprint density at radius 1 is 1.14 bits per heavy atom. The zero-order valence-electron chi connectivity index (χ0n) is 19.2. The molecule has 2 aliphatic heterocycles. The molecular weight excluding hydrogens is 484 g/mol. The molecule has 0 unspecified atom stereocenters. The van der Waals surface area contributed by atoms with Crippen molar-refractivity contribution in [2.45, 2.75) is 6.42 Å². The maximum absolute atomic E-state index is 13.5. The Balaban J connectivity index is 1.45. The molecule has 2 aliphatic rings. The highest BCUT2D eigenvalue weighted by atomic mass is 32.2. The fraction of sp³-hybridized carbons (Fsp3) is 0.280. The number of morpholine rings is 1. The number of fused-ring (bicyclic) bond motifs is 1. The van der Waals surface area contributed by atoms with Crippen LogP contribution in [-0.4, -0.2) is 64.5 Å². The number of thiocarbonyl (C=S) groups is 1. The molecule has 3 aromatic rings. The van der Waals surface area contributed by atoms with Gasteiger partial charge in [-0.25, -0.2) is 4.98 Å². The molecule has 0 bridgehead atoms. The van der Waals surface area contributed by atoms with Crippen molar-refractivity contribution < 1.29 is 14.3 Å². The van der Waals surface area contributed by atoms with Crippen molar-refractivity contribution in [3.8, 4) is 5.75 Å². The molecule has 10 heteroatoms. The van der Waals surface area contributed by atoms with E-state index in [-0.39, 0.29) is 11.5 Å². The number of hydrogen-bond acceptors (Lipinski definition) is 8. The SMILES string of the molecule is COc1ccc(CCN2C(=O)/C(=C/c3c(N4CCOCC4)nc4ccccn4c3=O)SC2=S)cc1. The quantitative estimate of drug-likeness (QED) is 0.372. The molecule has 2 aromatic heterocycles. The largest absolute Gasteiger partial charge is 0.497 e. The van der Waals surface area contributed by atoms with E-state index in [0.717, 1.165) is 11.3 Å². The van der Waals surface area contributed by atoms with Crippen LogP contribution in [0.4, 0.5) is 5.82 Å². The predicted octanol–water partition coefficient (Wildman–Crippen LogP) is 2.98. The fourth-order valence-corrected chi connectivity index (χ4v) is 5.38. The molecule has 0 radical (unpaired) electrons. The third-order valence-corrected chi connectivity index (χ3v) is 7.37. The lowest BCUT2D eigenvalue weighted by Gasteiger charge is -2.29. The molecule has 1 amide bonds. The molecule has 4 heterocycles. The summed E-state index contributed by atoms with van der Waals surface area (Å²) in [6.45, 7) is 2.82. The molecule has 1 aromatic carbocycles. The number of rotatable bonds is 6. The second-order valence-corrected chi connectivity index (χ2v) is 9.79. The lowest BCUT2D eigenvalue weighted by atomic mass is 10.1. The third-order valence-electron chi connectivity index (χ3n) is 5.99. The highest BCUT2D eigenvalue weighted by Crippen LogP contribution is 2.33. The van der Waals surface area contributed by atoms with Crippen molar-refractivity contribution in [2.24, 2.45) is 0 Å². The standard InChI is InChI=1S/C25H24N4O4S2/c1-32-18-7-5-17(6-8-18)9-11-29-24(31)20(35-25(29)34)16-19-22(27-12-14-33-15-13-27)26-21-4-2-3-10-28(21)23(19)30/h2-8,10,16H,9,11-15H2,1H3/b20-16-. The molecule has 0 atom stereocenters. The van der Waals surface area contributed by atoms with Crippen LogP contribution in [0.15, 0.2) is 58.4 Å². The average molecular weight is 509 g/mol. The van der Waals surface area contributed by atoms with Crippen LogP contribution in [0, 0.1) is 0 Å². The normalized spacial score (nSPS) is 17.6. The van der Waals surface area contributed by atoms with E-state index in [1.54, 1.807) is 36.4 Å². The highest BCUT2D eigenvalue weighted by molar-refractivity contribution is 8.26. The summed E-state index contributed by atoms with van der Waals surface area (Å²) in [7, 11) is 1.63. The van der Waals surface area contributed by atoms with Gasteiger partial charge < -0.3 is 14.4 Å². The Labute approximate surface area is 212 Å². The predicted molar refractivity (Wildman–Crippen MR) is 141 cm³/mol. The van der Waals surface area contributed by atoms with Crippen LogP contribution in [0.5, 0.6) is 5.75 Å². The average Bonchev–Trinajstić information content (AvgIpc) is 3.17. The summed E-state index contributed by atoms with van der Waals surface area (Å²) in [5.41, 5.74) is 1.80. The smallest absolute Gasteiger partial charge is 0.267 e. The molecule has 2 fully saturated rings. The summed E-state index contributed by atoms with van der Waals surface area (Å²) in [6.07, 6.45) is 3.99. The van der Waals surface area contributed by atoms with Gasteiger partial charge in [-0.05, 0) is 42.3 Å². The van der Waals surface area contributed by atoms with E-state index in [9.17, 15) is 9.59 Å². The molecule has 0 aliphatic carbocycles. The lowest BCUT2D eigenvalue weighted by molar-refractivity contribution is -0.122. The van der Waals surface area contributed by atoms with Crippen LogP contribution in [-0.2, 0) is 16.0 Å². The van der Waals surface area contributed by atoms with Gasteiger partial charge in [0.05, 0.1) is 30.8 Å².